The highest BCUT2D eigenvalue weighted by Crippen LogP contribution is 2.28. The van der Waals surface area contributed by atoms with Crippen LogP contribution >= 0.6 is 0 Å². The van der Waals surface area contributed by atoms with Gasteiger partial charge in [0.25, 0.3) is 11.6 Å². The van der Waals surface area contributed by atoms with Crippen molar-refractivity contribution in [2.24, 2.45) is 0 Å². The Bertz CT molecular complexity index is 791. The van der Waals surface area contributed by atoms with Crippen molar-refractivity contribution in [3.05, 3.63) is 64.0 Å². The summed E-state index contributed by atoms with van der Waals surface area (Å²) >= 11 is 0. The summed E-state index contributed by atoms with van der Waals surface area (Å²) in [6.45, 7) is -1.64. The average molecular weight is 358 g/mol. The number of amides is 1. The third-order valence-corrected chi connectivity index (χ3v) is 2.87. The number of nitrogens with zero attached hydrogens (tertiary/aromatic N) is 1. The van der Waals surface area contributed by atoms with Gasteiger partial charge in [-0.15, -0.1) is 0 Å². The largest absolute Gasteiger partial charge is 0.484 e. The van der Waals surface area contributed by atoms with Crippen LogP contribution in [-0.4, -0.2) is 23.6 Å². The first-order valence-electron chi connectivity index (χ1n) is 6.70. The van der Waals surface area contributed by atoms with Gasteiger partial charge < -0.3 is 10.1 Å². The maximum absolute atomic E-state index is 12.8. The summed E-state index contributed by atoms with van der Waals surface area (Å²) in [5.74, 6) is -1.71. The van der Waals surface area contributed by atoms with E-state index in [4.69, 9.17) is 0 Å². The fraction of sp³-hybridized carbons (Fsp3) is 0.133. The van der Waals surface area contributed by atoms with Crippen LogP contribution in [0.4, 0.5) is 28.9 Å². The summed E-state index contributed by atoms with van der Waals surface area (Å²) in [6, 6.07) is 7.23. The Morgan fingerprint density at radius 1 is 1.16 bits per heavy atom. The third kappa shape index (κ3) is 5.44. The molecule has 10 heteroatoms. The molecule has 1 amide bonds. The summed E-state index contributed by atoms with van der Waals surface area (Å²) in [4.78, 5) is 22.0. The number of anilines is 1. The van der Waals surface area contributed by atoms with Crippen molar-refractivity contribution in [3.8, 4) is 5.75 Å². The van der Waals surface area contributed by atoms with Gasteiger partial charge in [0.05, 0.1) is 16.7 Å². The van der Waals surface area contributed by atoms with Crippen LogP contribution in [0.5, 0.6) is 5.75 Å². The minimum absolute atomic E-state index is 0.0608. The predicted octanol–water partition coefficient (Wildman–Crippen LogP) is 3.93. The Kier molecular flexibility index (Phi) is 5.20. The molecule has 2 rings (SSSR count). The van der Waals surface area contributed by atoms with Crippen molar-refractivity contribution in [1.82, 2.24) is 0 Å². The number of carbonyl (C=O) groups is 1. The highest BCUT2D eigenvalue weighted by Gasteiger charge is 2.28. The van der Waals surface area contributed by atoms with Crippen LogP contribution in [0.3, 0.4) is 0 Å². The van der Waals surface area contributed by atoms with Gasteiger partial charge in [-0.3, -0.25) is 14.9 Å². The van der Waals surface area contributed by atoms with Gasteiger partial charge in [0.15, 0.2) is 6.61 Å². The van der Waals surface area contributed by atoms with Crippen molar-refractivity contribution in [2.45, 2.75) is 6.18 Å². The van der Waals surface area contributed by atoms with E-state index in [2.05, 4.69) is 10.1 Å². The molecule has 0 unspecified atom stereocenters. The molecule has 2 aromatic carbocycles. The Morgan fingerprint density at radius 3 is 2.36 bits per heavy atom. The normalized spacial score (nSPS) is 11.0. The zero-order valence-electron chi connectivity index (χ0n) is 12.3. The number of halogens is 4. The lowest BCUT2D eigenvalue weighted by atomic mass is 10.2. The van der Waals surface area contributed by atoms with Crippen LogP contribution in [0, 0.1) is 15.9 Å². The molecule has 0 heterocycles. The summed E-state index contributed by atoms with van der Waals surface area (Å²) in [5.41, 5.74) is -0.638. The molecule has 6 nitrogen and oxygen atoms in total. The van der Waals surface area contributed by atoms with E-state index in [0.29, 0.717) is 0 Å². The third-order valence-electron chi connectivity index (χ3n) is 2.87. The van der Waals surface area contributed by atoms with Crippen molar-refractivity contribution in [2.75, 3.05) is 11.9 Å². The topological polar surface area (TPSA) is 81.5 Å². The SMILES string of the molecule is O=C(Nc1cc(OCC(F)(F)F)cc([N+](=O)[O-])c1)c1ccc(F)cc1. The Hall–Kier alpha value is -3.17. The fourth-order valence-corrected chi connectivity index (χ4v) is 1.81. The van der Waals surface area contributed by atoms with Crippen molar-refractivity contribution in [1.29, 1.82) is 0 Å². The van der Waals surface area contributed by atoms with E-state index in [-0.39, 0.29) is 11.3 Å². The smallest absolute Gasteiger partial charge is 0.422 e. The summed E-state index contributed by atoms with van der Waals surface area (Å²) in [5, 5.41) is 13.2. The van der Waals surface area contributed by atoms with Crippen LogP contribution in [-0.2, 0) is 0 Å². The van der Waals surface area contributed by atoms with Gasteiger partial charge in [-0.2, -0.15) is 13.2 Å². The van der Waals surface area contributed by atoms with Crippen LogP contribution in [0.15, 0.2) is 42.5 Å². The number of benzene rings is 2. The van der Waals surface area contributed by atoms with Crippen molar-refractivity contribution >= 4 is 17.3 Å². The molecule has 1 N–H and O–H groups in total. The monoisotopic (exact) mass is 358 g/mol. The van der Waals surface area contributed by atoms with Gasteiger partial charge in [0.1, 0.15) is 11.6 Å². The number of alkyl halides is 3. The number of nitrogens with one attached hydrogen (secondary N) is 1. The lowest BCUT2D eigenvalue weighted by Crippen LogP contribution is -2.19. The van der Waals surface area contributed by atoms with Crippen LogP contribution in [0.2, 0.25) is 0 Å². The Labute approximate surface area is 138 Å². The lowest BCUT2D eigenvalue weighted by molar-refractivity contribution is -0.384. The highest BCUT2D eigenvalue weighted by molar-refractivity contribution is 6.04. The van der Waals surface area contributed by atoms with Crippen LogP contribution in [0.25, 0.3) is 0 Å². The predicted molar refractivity (Wildman–Crippen MR) is 79.0 cm³/mol. The van der Waals surface area contributed by atoms with Gasteiger partial charge in [0, 0.05) is 17.7 Å². The zero-order chi connectivity index (χ0) is 18.6. The zero-order valence-corrected chi connectivity index (χ0v) is 12.3. The molecule has 0 spiro atoms. The second-order valence-corrected chi connectivity index (χ2v) is 4.84. The second-order valence-electron chi connectivity index (χ2n) is 4.84. The number of hydrogen-bond acceptors (Lipinski definition) is 4. The molecule has 0 aliphatic heterocycles. The fourth-order valence-electron chi connectivity index (χ4n) is 1.81. The van der Waals surface area contributed by atoms with E-state index in [0.717, 1.165) is 30.3 Å². The molecule has 0 saturated heterocycles. The number of nitro groups is 1. The molecule has 0 aliphatic carbocycles. The van der Waals surface area contributed by atoms with E-state index >= 15 is 0 Å². The van der Waals surface area contributed by atoms with Gasteiger partial charge in [-0.1, -0.05) is 0 Å². The molecule has 0 aromatic heterocycles. The Morgan fingerprint density at radius 2 is 1.80 bits per heavy atom. The molecular formula is C15H10F4N2O4. The number of rotatable bonds is 5. The molecule has 0 aliphatic rings. The molecule has 132 valence electrons. The van der Waals surface area contributed by atoms with Crippen LogP contribution in [0.1, 0.15) is 10.4 Å². The number of hydrogen-bond donors (Lipinski definition) is 1. The first-order chi connectivity index (χ1) is 11.6. The quantitative estimate of drug-likeness (QED) is 0.499. The first kappa shape index (κ1) is 18.2. The molecule has 0 fully saturated rings. The molecular weight excluding hydrogens is 348 g/mol. The van der Waals surface area contributed by atoms with E-state index < -0.39 is 40.9 Å². The summed E-state index contributed by atoms with van der Waals surface area (Å²) < 4.78 is 53.9. The second kappa shape index (κ2) is 7.16. The van der Waals surface area contributed by atoms with Crippen molar-refractivity contribution < 1.29 is 32.0 Å². The average Bonchev–Trinajstić information content (AvgIpc) is 2.52. The molecule has 25 heavy (non-hydrogen) atoms. The maximum atomic E-state index is 12.8. The minimum Gasteiger partial charge on any atom is -0.484 e. The summed E-state index contributed by atoms with van der Waals surface area (Å²) in [6.07, 6.45) is -4.62. The van der Waals surface area contributed by atoms with E-state index in [1.807, 2.05) is 0 Å². The van der Waals surface area contributed by atoms with Gasteiger partial charge in [-0.05, 0) is 24.3 Å². The first-order valence-corrected chi connectivity index (χ1v) is 6.70. The minimum atomic E-state index is -4.62. The molecule has 0 atom stereocenters. The van der Waals surface area contributed by atoms with E-state index in [1.54, 1.807) is 0 Å². The number of carbonyl (C=O) groups excluding carboxylic acids is 1. The lowest BCUT2D eigenvalue weighted by Gasteiger charge is -2.11. The highest BCUT2D eigenvalue weighted by atomic mass is 19.4. The van der Waals surface area contributed by atoms with Gasteiger partial charge >= 0.3 is 6.18 Å². The standard InChI is InChI=1S/C15H10F4N2O4/c16-10-3-1-9(2-4-10)14(22)20-11-5-12(21(23)24)7-13(6-11)25-8-15(17,18)19/h1-7H,8H2,(H,20,22). The molecule has 2 aromatic rings. The van der Waals surface area contributed by atoms with Gasteiger partial charge in [0.2, 0.25) is 0 Å². The number of nitro benzene ring substituents is 1. The molecule has 0 bridgehead atoms. The van der Waals surface area contributed by atoms with Crippen molar-refractivity contribution in [3.63, 3.8) is 0 Å². The van der Waals surface area contributed by atoms with E-state index in [9.17, 15) is 32.5 Å². The maximum Gasteiger partial charge on any atom is 0.422 e. The summed E-state index contributed by atoms with van der Waals surface area (Å²) in [7, 11) is 0. The molecule has 0 radical (unpaired) electrons. The van der Waals surface area contributed by atoms with Gasteiger partial charge in [-0.25, -0.2) is 4.39 Å². The number of ether oxygens (including phenoxy) is 1. The van der Waals surface area contributed by atoms with Crippen LogP contribution < -0.4 is 10.1 Å². The Balaban J connectivity index is 2.23. The van der Waals surface area contributed by atoms with E-state index in [1.165, 1.54) is 12.1 Å². The molecule has 0 saturated carbocycles. The number of non-ortho nitro benzene ring substituents is 1.